The first-order chi connectivity index (χ1) is 11.1. The fraction of sp³-hybridized carbons (Fsp3) is 0.235. The van der Waals surface area contributed by atoms with Crippen LogP contribution in [0.3, 0.4) is 0 Å². The highest BCUT2D eigenvalue weighted by molar-refractivity contribution is 5.96. The summed E-state index contributed by atoms with van der Waals surface area (Å²) < 4.78 is 0. The first-order valence-electron chi connectivity index (χ1n) is 7.47. The number of hydrazine groups is 1. The summed E-state index contributed by atoms with van der Waals surface area (Å²) in [5.41, 5.74) is 5.65. The normalized spacial score (nSPS) is 13.5. The van der Waals surface area contributed by atoms with Gasteiger partial charge >= 0.3 is 0 Å². The van der Waals surface area contributed by atoms with E-state index in [-0.39, 0.29) is 5.91 Å². The van der Waals surface area contributed by atoms with Crippen LogP contribution in [0.1, 0.15) is 39.1 Å². The number of hydrogen-bond acceptors (Lipinski definition) is 4. The van der Waals surface area contributed by atoms with E-state index in [1.807, 2.05) is 25.1 Å². The summed E-state index contributed by atoms with van der Waals surface area (Å²) in [6.07, 6.45) is 3.57. The highest BCUT2D eigenvalue weighted by atomic mass is 16.2. The number of aryl methyl sites for hydroxylation is 1. The predicted octanol–water partition coefficient (Wildman–Crippen LogP) is 1.55. The summed E-state index contributed by atoms with van der Waals surface area (Å²) in [5, 5.41) is 2.97. The second-order valence-electron chi connectivity index (χ2n) is 5.68. The van der Waals surface area contributed by atoms with Crippen LogP contribution in [0.4, 0.5) is 0 Å². The minimum absolute atomic E-state index is 0.0621. The van der Waals surface area contributed by atoms with Gasteiger partial charge in [0.1, 0.15) is 0 Å². The second-order valence-corrected chi connectivity index (χ2v) is 5.68. The zero-order chi connectivity index (χ0) is 16.4. The number of amides is 2. The van der Waals surface area contributed by atoms with Crippen molar-refractivity contribution in [3.63, 3.8) is 0 Å². The number of nitrogen functional groups attached to an aromatic ring is 1. The van der Waals surface area contributed by atoms with Gasteiger partial charge in [0, 0.05) is 23.4 Å². The van der Waals surface area contributed by atoms with Crippen LogP contribution >= 0.6 is 0 Å². The fourth-order valence-electron chi connectivity index (χ4n) is 2.31. The van der Waals surface area contributed by atoms with Gasteiger partial charge in [0.25, 0.3) is 11.8 Å². The number of nitrogens with one attached hydrogen (secondary N) is 2. The van der Waals surface area contributed by atoms with Crippen molar-refractivity contribution in [3.8, 4) is 11.3 Å². The number of nitrogens with two attached hydrogens (primary N) is 1. The number of aromatic nitrogens is 1. The third-order valence-corrected chi connectivity index (χ3v) is 3.85. The number of nitrogens with zero attached hydrogens (tertiary/aromatic N) is 1. The molecular weight excluding hydrogens is 292 g/mol. The van der Waals surface area contributed by atoms with Gasteiger partial charge in [-0.1, -0.05) is 6.07 Å². The second kappa shape index (κ2) is 6.18. The van der Waals surface area contributed by atoms with Crippen molar-refractivity contribution < 1.29 is 9.59 Å². The van der Waals surface area contributed by atoms with Crippen LogP contribution < -0.4 is 16.6 Å². The molecule has 0 radical (unpaired) electrons. The summed E-state index contributed by atoms with van der Waals surface area (Å²) in [7, 11) is 0. The Labute approximate surface area is 134 Å². The zero-order valence-corrected chi connectivity index (χ0v) is 12.8. The van der Waals surface area contributed by atoms with E-state index in [2.05, 4.69) is 15.7 Å². The van der Waals surface area contributed by atoms with Crippen LogP contribution in [0.25, 0.3) is 11.3 Å². The van der Waals surface area contributed by atoms with Gasteiger partial charge in [0.15, 0.2) is 0 Å². The Hall–Kier alpha value is -2.73. The molecule has 23 heavy (non-hydrogen) atoms. The fourth-order valence-corrected chi connectivity index (χ4v) is 2.31. The molecule has 0 spiro atoms. The summed E-state index contributed by atoms with van der Waals surface area (Å²) in [5.74, 6) is 4.65. The molecule has 1 aliphatic rings. The predicted molar refractivity (Wildman–Crippen MR) is 86.6 cm³/mol. The maximum atomic E-state index is 12.2. The standard InChI is InChI=1S/C17H18N4O2/c1-10-2-3-11(16(22)20-13-5-6-13)8-14(10)15-7-4-12(9-19-15)17(23)21-18/h2-4,7-9,13H,5-6,18H2,1H3,(H,20,22)(H,21,23). The average molecular weight is 310 g/mol. The van der Waals surface area contributed by atoms with Crippen LogP contribution in [0.2, 0.25) is 0 Å². The van der Waals surface area contributed by atoms with Crippen molar-refractivity contribution in [2.75, 3.05) is 0 Å². The van der Waals surface area contributed by atoms with E-state index in [4.69, 9.17) is 5.84 Å². The van der Waals surface area contributed by atoms with E-state index in [0.29, 0.717) is 22.9 Å². The topological polar surface area (TPSA) is 97.1 Å². The molecule has 3 rings (SSSR count). The van der Waals surface area contributed by atoms with Crippen LogP contribution in [0, 0.1) is 6.92 Å². The molecule has 0 atom stereocenters. The van der Waals surface area contributed by atoms with E-state index in [0.717, 1.165) is 24.0 Å². The molecule has 1 aliphatic carbocycles. The van der Waals surface area contributed by atoms with Gasteiger partial charge in [-0.25, -0.2) is 5.84 Å². The van der Waals surface area contributed by atoms with E-state index in [1.165, 1.54) is 6.20 Å². The first kappa shape index (κ1) is 15.2. The lowest BCUT2D eigenvalue weighted by Gasteiger charge is -2.09. The molecule has 118 valence electrons. The summed E-state index contributed by atoms with van der Waals surface area (Å²) >= 11 is 0. The molecule has 2 amide bonds. The lowest BCUT2D eigenvalue weighted by Crippen LogP contribution is -2.30. The van der Waals surface area contributed by atoms with Crippen LogP contribution in [0.5, 0.6) is 0 Å². The van der Waals surface area contributed by atoms with Crippen molar-refractivity contribution in [2.24, 2.45) is 5.84 Å². The van der Waals surface area contributed by atoms with Crippen molar-refractivity contribution in [3.05, 3.63) is 53.2 Å². The number of rotatable bonds is 4. The first-order valence-corrected chi connectivity index (χ1v) is 7.47. The number of carbonyl (C=O) groups excluding carboxylic acids is 2. The van der Waals surface area contributed by atoms with Gasteiger partial charge in [-0.3, -0.25) is 20.0 Å². The largest absolute Gasteiger partial charge is 0.349 e. The van der Waals surface area contributed by atoms with E-state index < -0.39 is 5.91 Å². The Bertz CT molecular complexity index is 752. The third-order valence-electron chi connectivity index (χ3n) is 3.85. The van der Waals surface area contributed by atoms with E-state index in [1.54, 1.807) is 12.1 Å². The Morgan fingerprint density at radius 2 is 1.87 bits per heavy atom. The summed E-state index contributed by atoms with van der Waals surface area (Å²) in [6.45, 7) is 1.96. The van der Waals surface area contributed by atoms with Crippen molar-refractivity contribution in [1.82, 2.24) is 15.7 Å². The molecule has 0 bridgehead atoms. The Kier molecular flexibility index (Phi) is 4.08. The molecule has 2 aromatic rings. The van der Waals surface area contributed by atoms with Gasteiger partial charge in [0.05, 0.1) is 11.3 Å². The highest BCUT2D eigenvalue weighted by Gasteiger charge is 2.24. The third kappa shape index (κ3) is 3.37. The van der Waals surface area contributed by atoms with Gasteiger partial charge in [-0.05, 0) is 49.6 Å². The highest BCUT2D eigenvalue weighted by Crippen LogP contribution is 2.24. The smallest absolute Gasteiger partial charge is 0.266 e. The molecule has 0 aliphatic heterocycles. The monoisotopic (exact) mass is 310 g/mol. The van der Waals surface area contributed by atoms with Gasteiger partial charge in [-0.2, -0.15) is 0 Å². The van der Waals surface area contributed by atoms with Crippen LogP contribution in [-0.4, -0.2) is 22.8 Å². The number of benzene rings is 1. The number of pyridine rings is 1. The summed E-state index contributed by atoms with van der Waals surface area (Å²) in [6, 6.07) is 9.26. The molecule has 6 nitrogen and oxygen atoms in total. The minimum Gasteiger partial charge on any atom is -0.349 e. The van der Waals surface area contributed by atoms with Crippen LogP contribution in [-0.2, 0) is 0 Å². The Morgan fingerprint density at radius 1 is 1.13 bits per heavy atom. The average Bonchev–Trinajstić information content (AvgIpc) is 3.38. The van der Waals surface area contributed by atoms with Crippen molar-refractivity contribution in [2.45, 2.75) is 25.8 Å². The van der Waals surface area contributed by atoms with Crippen LogP contribution in [0.15, 0.2) is 36.5 Å². The van der Waals surface area contributed by atoms with Gasteiger partial charge < -0.3 is 5.32 Å². The van der Waals surface area contributed by atoms with E-state index >= 15 is 0 Å². The van der Waals surface area contributed by atoms with Gasteiger partial charge in [-0.15, -0.1) is 0 Å². The maximum absolute atomic E-state index is 12.2. The zero-order valence-electron chi connectivity index (χ0n) is 12.8. The lowest BCUT2D eigenvalue weighted by molar-refractivity contribution is 0.0944. The SMILES string of the molecule is Cc1ccc(C(=O)NC2CC2)cc1-c1ccc(C(=O)NN)cn1. The molecule has 0 unspecified atom stereocenters. The van der Waals surface area contributed by atoms with Crippen molar-refractivity contribution >= 4 is 11.8 Å². The Balaban J connectivity index is 1.88. The molecule has 6 heteroatoms. The quantitative estimate of drug-likeness (QED) is 0.453. The Morgan fingerprint density at radius 3 is 2.48 bits per heavy atom. The molecule has 1 saturated carbocycles. The molecule has 0 saturated heterocycles. The number of carbonyl (C=O) groups is 2. The summed E-state index contributed by atoms with van der Waals surface area (Å²) in [4.78, 5) is 27.9. The minimum atomic E-state index is -0.390. The number of hydrogen-bond donors (Lipinski definition) is 3. The molecule has 1 fully saturated rings. The molecular formula is C17H18N4O2. The maximum Gasteiger partial charge on any atom is 0.266 e. The lowest BCUT2D eigenvalue weighted by atomic mass is 10.0. The molecule has 1 aromatic heterocycles. The van der Waals surface area contributed by atoms with E-state index in [9.17, 15) is 9.59 Å². The molecule has 1 heterocycles. The molecule has 1 aromatic carbocycles. The van der Waals surface area contributed by atoms with Crippen molar-refractivity contribution in [1.29, 1.82) is 0 Å². The van der Waals surface area contributed by atoms with Gasteiger partial charge in [0.2, 0.25) is 0 Å². The molecule has 4 N–H and O–H groups in total.